The standard InChI is InChI=1S/C14H18N2O4S.ClH/c15-12-3-1-9-6-16(7-11(9)12)21(17,18)10-2-4-13-14(5-10)20-8-19-13;/h2,4-5,9,11-12H,1,3,6-8,15H2;1H. The van der Waals surface area contributed by atoms with Gasteiger partial charge >= 0.3 is 0 Å². The monoisotopic (exact) mass is 346 g/mol. The molecule has 1 aromatic rings. The first-order valence-corrected chi connectivity index (χ1v) is 8.65. The van der Waals surface area contributed by atoms with Crippen molar-refractivity contribution in [3.63, 3.8) is 0 Å². The lowest BCUT2D eigenvalue weighted by Crippen LogP contribution is -2.33. The summed E-state index contributed by atoms with van der Waals surface area (Å²) >= 11 is 0. The Morgan fingerprint density at radius 2 is 1.91 bits per heavy atom. The number of hydrogen-bond acceptors (Lipinski definition) is 5. The third-order valence-electron chi connectivity index (χ3n) is 4.86. The molecular formula is C14H19ClN2O4S. The van der Waals surface area contributed by atoms with Crippen molar-refractivity contribution in [3.8, 4) is 11.5 Å². The first-order valence-electron chi connectivity index (χ1n) is 7.21. The first-order chi connectivity index (χ1) is 10.1. The molecule has 2 heterocycles. The summed E-state index contributed by atoms with van der Waals surface area (Å²) in [5.74, 6) is 1.79. The molecule has 0 bridgehead atoms. The van der Waals surface area contributed by atoms with Crippen LogP contribution in [0.4, 0.5) is 0 Å². The normalized spacial score (nSPS) is 30.1. The molecule has 4 rings (SSSR count). The molecule has 0 amide bonds. The highest BCUT2D eigenvalue weighted by molar-refractivity contribution is 7.89. The Bertz CT molecular complexity index is 681. The first kappa shape index (κ1) is 15.9. The number of halogens is 1. The molecule has 1 aromatic carbocycles. The maximum Gasteiger partial charge on any atom is 0.243 e. The van der Waals surface area contributed by atoms with Gasteiger partial charge in [0.1, 0.15) is 0 Å². The topological polar surface area (TPSA) is 81.9 Å². The van der Waals surface area contributed by atoms with E-state index in [1.54, 1.807) is 22.5 Å². The van der Waals surface area contributed by atoms with Crippen molar-refractivity contribution in [1.29, 1.82) is 0 Å². The van der Waals surface area contributed by atoms with Crippen LogP contribution in [0.1, 0.15) is 12.8 Å². The number of benzene rings is 1. The number of fused-ring (bicyclic) bond motifs is 2. The molecule has 1 saturated carbocycles. The van der Waals surface area contributed by atoms with Gasteiger partial charge in [-0.2, -0.15) is 4.31 Å². The Kier molecular flexibility index (Phi) is 4.01. The van der Waals surface area contributed by atoms with Gasteiger partial charge in [-0.15, -0.1) is 12.4 Å². The number of sulfonamides is 1. The summed E-state index contributed by atoms with van der Waals surface area (Å²) in [4.78, 5) is 0.264. The van der Waals surface area contributed by atoms with Crippen molar-refractivity contribution < 1.29 is 17.9 Å². The average molecular weight is 347 g/mol. The van der Waals surface area contributed by atoms with Gasteiger partial charge in [0.25, 0.3) is 0 Å². The zero-order valence-electron chi connectivity index (χ0n) is 12.0. The summed E-state index contributed by atoms with van der Waals surface area (Å²) in [6.45, 7) is 1.25. The predicted octanol–water partition coefficient (Wildman–Crippen LogP) is 1.19. The second-order valence-corrected chi connectivity index (χ2v) is 7.94. The molecule has 0 radical (unpaired) electrons. The van der Waals surface area contributed by atoms with E-state index in [1.807, 2.05) is 0 Å². The second-order valence-electron chi connectivity index (χ2n) is 6.00. The summed E-state index contributed by atoms with van der Waals surface area (Å²) in [6.07, 6.45) is 2.03. The van der Waals surface area contributed by atoms with Crippen LogP contribution in [0.5, 0.6) is 11.5 Å². The van der Waals surface area contributed by atoms with Crippen LogP contribution in [-0.2, 0) is 10.0 Å². The largest absolute Gasteiger partial charge is 0.454 e. The van der Waals surface area contributed by atoms with Gasteiger partial charge in [-0.3, -0.25) is 0 Å². The number of nitrogens with zero attached hydrogens (tertiary/aromatic N) is 1. The van der Waals surface area contributed by atoms with Crippen LogP contribution in [-0.4, -0.2) is 38.6 Å². The Balaban J connectivity index is 0.00000144. The minimum atomic E-state index is -3.48. The fourth-order valence-electron chi connectivity index (χ4n) is 3.65. The highest BCUT2D eigenvalue weighted by Gasteiger charge is 2.45. The Labute approximate surface area is 136 Å². The third-order valence-corrected chi connectivity index (χ3v) is 6.69. The van der Waals surface area contributed by atoms with Crippen LogP contribution in [0.15, 0.2) is 23.1 Å². The summed E-state index contributed by atoms with van der Waals surface area (Å²) in [5, 5.41) is 0. The summed E-state index contributed by atoms with van der Waals surface area (Å²) < 4.78 is 37.6. The second kappa shape index (κ2) is 5.56. The van der Waals surface area contributed by atoms with Crippen molar-refractivity contribution in [2.24, 2.45) is 17.6 Å². The minimum Gasteiger partial charge on any atom is -0.454 e. The van der Waals surface area contributed by atoms with Crippen LogP contribution < -0.4 is 15.2 Å². The fourth-order valence-corrected chi connectivity index (χ4v) is 5.20. The minimum absolute atomic E-state index is 0. The zero-order valence-corrected chi connectivity index (χ0v) is 13.6. The zero-order chi connectivity index (χ0) is 14.6. The maximum atomic E-state index is 12.8. The molecule has 2 fully saturated rings. The molecule has 3 atom stereocenters. The van der Waals surface area contributed by atoms with Crippen molar-refractivity contribution in [2.45, 2.75) is 23.8 Å². The van der Waals surface area contributed by atoms with Gasteiger partial charge in [-0.1, -0.05) is 0 Å². The van der Waals surface area contributed by atoms with Crippen LogP contribution in [0, 0.1) is 11.8 Å². The lowest BCUT2D eigenvalue weighted by molar-refractivity contribution is 0.174. The maximum absolute atomic E-state index is 12.8. The highest BCUT2D eigenvalue weighted by Crippen LogP contribution is 2.40. The predicted molar refractivity (Wildman–Crippen MR) is 82.8 cm³/mol. The van der Waals surface area contributed by atoms with E-state index in [9.17, 15) is 8.42 Å². The van der Waals surface area contributed by atoms with Crippen LogP contribution in [0.3, 0.4) is 0 Å². The Morgan fingerprint density at radius 3 is 2.68 bits per heavy atom. The highest BCUT2D eigenvalue weighted by atomic mass is 35.5. The molecular weight excluding hydrogens is 328 g/mol. The van der Waals surface area contributed by atoms with E-state index in [0.717, 1.165) is 12.8 Å². The Hall–Kier alpha value is -1.02. The van der Waals surface area contributed by atoms with Crippen molar-refractivity contribution in [1.82, 2.24) is 4.31 Å². The molecule has 3 unspecified atom stereocenters. The van der Waals surface area contributed by atoms with Gasteiger partial charge in [0.05, 0.1) is 4.90 Å². The van der Waals surface area contributed by atoms with Gasteiger partial charge in [0, 0.05) is 25.2 Å². The lowest BCUT2D eigenvalue weighted by atomic mass is 9.98. The smallest absolute Gasteiger partial charge is 0.243 e. The molecule has 3 aliphatic rings. The number of rotatable bonds is 2. The molecule has 0 spiro atoms. The van der Waals surface area contributed by atoms with Gasteiger partial charge in [-0.05, 0) is 36.8 Å². The molecule has 22 heavy (non-hydrogen) atoms. The molecule has 1 aliphatic carbocycles. The van der Waals surface area contributed by atoms with E-state index in [2.05, 4.69) is 0 Å². The number of ether oxygens (including phenoxy) is 2. The van der Waals surface area contributed by atoms with Gasteiger partial charge < -0.3 is 15.2 Å². The van der Waals surface area contributed by atoms with E-state index < -0.39 is 10.0 Å². The number of hydrogen-bond donors (Lipinski definition) is 1. The van der Waals surface area contributed by atoms with Crippen LogP contribution in [0.25, 0.3) is 0 Å². The number of nitrogens with two attached hydrogens (primary N) is 1. The van der Waals surface area contributed by atoms with Crippen molar-refractivity contribution in [2.75, 3.05) is 19.9 Å². The molecule has 6 nitrogen and oxygen atoms in total. The van der Waals surface area contributed by atoms with Gasteiger partial charge in [0.2, 0.25) is 16.8 Å². The molecule has 1 saturated heterocycles. The molecule has 2 aliphatic heterocycles. The summed E-state index contributed by atoms with van der Waals surface area (Å²) in [5.41, 5.74) is 6.08. The molecule has 122 valence electrons. The molecule has 2 N–H and O–H groups in total. The van der Waals surface area contributed by atoms with E-state index in [1.165, 1.54) is 0 Å². The summed E-state index contributed by atoms with van der Waals surface area (Å²) in [6, 6.07) is 4.91. The van der Waals surface area contributed by atoms with E-state index in [4.69, 9.17) is 15.2 Å². The van der Waals surface area contributed by atoms with Crippen LogP contribution >= 0.6 is 12.4 Å². The van der Waals surface area contributed by atoms with E-state index in [-0.39, 0.29) is 30.1 Å². The average Bonchev–Trinajstić information content (AvgIpc) is 3.15. The third kappa shape index (κ3) is 2.36. The van der Waals surface area contributed by atoms with Crippen LogP contribution in [0.2, 0.25) is 0 Å². The summed E-state index contributed by atoms with van der Waals surface area (Å²) in [7, 11) is -3.48. The lowest BCUT2D eigenvalue weighted by Gasteiger charge is -2.18. The van der Waals surface area contributed by atoms with Gasteiger partial charge in [0.15, 0.2) is 11.5 Å². The molecule has 8 heteroatoms. The Morgan fingerprint density at radius 1 is 1.14 bits per heavy atom. The van der Waals surface area contributed by atoms with Crippen molar-refractivity contribution in [3.05, 3.63) is 18.2 Å². The SMILES string of the molecule is Cl.NC1CCC2CN(S(=O)(=O)c3ccc4c(c3)OCO4)CC12. The fraction of sp³-hybridized carbons (Fsp3) is 0.571. The van der Waals surface area contributed by atoms with E-state index >= 15 is 0 Å². The van der Waals surface area contributed by atoms with Crippen molar-refractivity contribution >= 4 is 22.4 Å². The van der Waals surface area contributed by atoms with E-state index in [0.29, 0.717) is 36.4 Å². The van der Waals surface area contributed by atoms with Gasteiger partial charge in [-0.25, -0.2) is 8.42 Å². The quantitative estimate of drug-likeness (QED) is 0.870. The molecule has 0 aromatic heterocycles.